The molecule has 0 unspecified atom stereocenters. The van der Waals surface area contributed by atoms with Crippen molar-refractivity contribution in [2.24, 2.45) is 5.92 Å². The number of nitrogens with zero attached hydrogens (tertiary/aromatic N) is 1. The lowest BCUT2D eigenvalue weighted by molar-refractivity contribution is -0.131. The fourth-order valence-corrected chi connectivity index (χ4v) is 4.68. The van der Waals surface area contributed by atoms with Gasteiger partial charge in [0.2, 0.25) is 0 Å². The molecule has 3 heteroatoms. The first-order chi connectivity index (χ1) is 17.2. The molecular formula is C32H27NO2. The highest BCUT2D eigenvalue weighted by Gasteiger charge is 2.27. The standard InChI is InChI=1S/C32H27NO2/c34-30(35)18-11-23-9-12-28(13-10-23)32(31(27-7-4-8-27)26-5-2-1-3-6-26)29-16-14-24(15-17-29)25-19-21-33-22-20-25/h1-3,5-6,9-22,27H,4,7-8H2,(H,34,35)/b18-11?,32-31-. The van der Waals surface area contributed by atoms with Crippen LogP contribution in [0.15, 0.2) is 109 Å². The van der Waals surface area contributed by atoms with E-state index in [2.05, 4.69) is 71.7 Å². The Morgan fingerprint density at radius 1 is 0.743 bits per heavy atom. The third-order valence-electron chi connectivity index (χ3n) is 6.67. The van der Waals surface area contributed by atoms with E-state index in [0.29, 0.717) is 5.92 Å². The van der Waals surface area contributed by atoms with Crippen molar-refractivity contribution in [3.05, 3.63) is 132 Å². The molecule has 3 aromatic carbocycles. The second-order valence-corrected chi connectivity index (χ2v) is 8.89. The Labute approximate surface area is 206 Å². The number of carbonyl (C=O) groups is 1. The molecule has 4 aromatic rings. The quantitative estimate of drug-likeness (QED) is 0.230. The maximum Gasteiger partial charge on any atom is 0.328 e. The zero-order chi connectivity index (χ0) is 24.0. The van der Waals surface area contributed by atoms with Gasteiger partial charge in [-0.1, -0.05) is 85.3 Å². The molecule has 1 heterocycles. The predicted octanol–water partition coefficient (Wildman–Crippen LogP) is 7.61. The van der Waals surface area contributed by atoms with E-state index in [-0.39, 0.29) is 0 Å². The Kier molecular flexibility index (Phi) is 6.67. The molecule has 1 fully saturated rings. The van der Waals surface area contributed by atoms with Crippen LogP contribution >= 0.6 is 0 Å². The highest BCUT2D eigenvalue weighted by atomic mass is 16.4. The summed E-state index contributed by atoms with van der Waals surface area (Å²) >= 11 is 0. The first kappa shape index (κ1) is 22.5. The van der Waals surface area contributed by atoms with Gasteiger partial charge >= 0.3 is 5.97 Å². The molecule has 3 nitrogen and oxygen atoms in total. The number of carboxylic acids is 1. The van der Waals surface area contributed by atoms with Crippen LogP contribution in [0, 0.1) is 5.92 Å². The molecule has 0 radical (unpaired) electrons. The van der Waals surface area contributed by atoms with Gasteiger partial charge in [-0.05, 0) is 81.5 Å². The van der Waals surface area contributed by atoms with Crippen molar-refractivity contribution in [3.8, 4) is 11.1 Å². The molecule has 0 aliphatic heterocycles. The molecule has 0 amide bonds. The van der Waals surface area contributed by atoms with Crippen molar-refractivity contribution in [1.82, 2.24) is 4.98 Å². The van der Waals surface area contributed by atoms with Crippen LogP contribution in [0.1, 0.15) is 41.5 Å². The topological polar surface area (TPSA) is 50.2 Å². The number of aromatic nitrogens is 1. The number of rotatable bonds is 7. The number of benzene rings is 3. The number of hydrogen-bond acceptors (Lipinski definition) is 2. The lowest BCUT2D eigenvalue weighted by Crippen LogP contribution is -2.15. The van der Waals surface area contributed by atoms with Crippen molar-refractivity contribution in [1.29, 1.82) is 0 Å². The molecule has 0 atom stereocenters. The molecule has 1 aliphatic rings. The van der Waals surface area contributed by atoms with E-state index in [1.165, 1.54) is 47.6 Å². The first-order valence-corrected chi connectivity index (χ1v) is 12.0. The summed E-state index contributed by atoms with van der Waals surface area (Å²) in [5.74, 6) is -0.417. The maximum absolute atomic E-state index is 10.9. The zero-order valence-electron chi connectivity index (χ0n) is 19.5. The van der Waals surface area contributed by atoms with Crippen molar-refractivity contribution in [2.75, 3.05) is 0 Å². The van der Waals surface area contributed by atoms with Crippen LogP contribution in [0.5, 0.6) is 0 Å². The van der Waals surface area contributed by atoms with Gasteiger partial charge < -0.3 is 5.11 Å². The van der Waals surface area contributed by atoms with Gasteiger partial charge in [-0.3, -0.25) is 4.98 Å². The van der Waals surface area contributed by atoms with Crippen LogP contribution in [0.2, 0.25) is 0 Å². The molecule has 1 aromatic heterocycles. The first-order valence-electron chi connectivity index (χ1n) is 12.0. The van der Waals surface area contributed by atoms with Crippen LogP contribution in [0.25, 0.3) is 28.3 Å². The molecule has 5 rings (SSSR count). The van der Waals surface area contributed by atoms with Gasteiger partial charge in [-0.2, -0.15) is 0 Å². The van der Waals surface area contributed by atoms with Gasteiger partial charge in [-0.15, -0.1) is 0 Å². The minimum atomic E-state index is -0.944. The molecule has 172 valence electrons. The summed E-state index contributed by atoms with van der Waals surface area (Å²) in [5.41, 5.74) is 9.40. The predicted molar refractivity (Wildman–Crippen MR) is 142 cm³/mol. The second kappa shape index (κ2) is 10.4. The smallest absolute Gasteiger partial charge is 0.328 e. The summed E-state index contributed by atoms with van der Waals surface area (Å²) in [5, 5.41) is 8.97. The average Bonchev–Trinajstić information content (AvgIpc) is 2.88. The van der Waals surface area contributed by atoms with Crippen LogP contribution in [0.4, 0.5) is 0 Å². The second-order valence-electron chi connectivity index (χ2n) is 8.89. The lowest BCUT2D eigenvalue weighted by Gasteiger charge is -2.31. The molecule has 0 bridgehead atoms. The van der Waals surface area contributed by atoms with Crippen molar-refractivity contribution < 1.29 is 9.90 Å². The van der Waals surface area contributed by atoms with E-state index in [0.717, 1.165) is 22.3 Å². The molecular weight excluding hydrogens is 430 g/mol. The Morgan fingerprint density at radius 3 is 1.91 bits per heavy atom. The highest BCUT2D eigenvalue weighted by molar-refractivity contribution is 6.00. The number of pyridine rings is 1. The van der Waals surface area contributed by atoms with E-state index in [1.54, 1.807) is 6.08 Å². The van der Waals surface area contributed by atoms with Gasteiger partial charge in [0.25, 0.3) is 0 Å². The third-order valence-corrected chi connectivity index (χ3v) is 6.67. The maximum atomic E-state index is 10.9. The molecule has 0 saturated heterocycles. The lowest BCUT2D eigenvalue weighted by atomic mass is 9.73. The van der Waals surface area contributed by atoms with Gasteiger partial charge in [0, 0.05) is 18.5 Å². The number of aliphatic carboxylic acids is 1. The Balaban J connectivity index is 1.64. The summed E-state index contributed by atoms with van der Waals surface area (Å²) < 4.78 is 0. The number of carboxylic acid groups (broad SMARTS) is 1. The Morgan fingerprint density at radius 2 is 1.34 bits per heavy atom. The minimum absolute atomic E-state index is 0.527. The summed E-state index contributed by atoms with van der Waals surface area (Å²) in [7, 11) is 0. The van der Waals surface area contributed by atoms with Crippen LogP contribution in [0.3, 0.4) is 0 Å². The van der Waals surface area contributed by atoms with Gasteiger partial charge in [0.15, 0.2) is 0 Å². The Hall–Kier alpha value is -4.24. The van der Waals surface area contributed by atoms with E-state index in [1.807, 2.05) is 36.7 Å². The summed E-state index contributed by atoms with van der Waals surface area (Å²) in [4.78, 5) is 15.1. The van der Waals surface area contributed by atoms with E-state index >= 15 is 0 Å². The SMILES string of the molecule is O=C(O)C=Cc1ccc(/C(=C(\c2ccccc2)C2CCC2)c2ccc(-c3ccncc3)cc2)cc1. The van der Waals surface area contributed by atoms with E-state index in [9.17, 15) is 4.79 Å². The van der Waals surface area contributed by atoms with Crippen LogP contribution in [-0.4, -0.2) is 16.1 Å². The van der Waals surface area contributed by atoms with Crippen LogP contribution < -0.4 is 0 Å². The fraction of sp³-hybridized carbons (Fsp3) is 0.125. The number of allylic oxidation sites excluding steroid dienone is 1. The average molecular weight is 458 g/mol. The highest BCUT2D eigenvalue weighted by Crippen LogP contribution is 2.45. The third kappa shape index (κ3) is 5.15. The summed E-state index contributed by atoms with van der Waals surface area (Å²) in [6.45, 7) is 0. The summed E-state index contributed by atoms with van der Waals surface area (Å²) in [6, 6.07) is 31.7. The van der Waals surface area contributed by atoms with E-state index in [4.69, 9.17) is 5.11 Å². The van der Waals surface area contributed by atoms with Gasteiger partial charge in [0.1, 0.15) is 0 Å². The molecule has 1 N–H and O–H groups in total. The largest absolute Gasteiger partial charge is 0.478 e. The molecule has 1 aliphatic carbocycles. The van der Waals surface area contributed by atoms with Crippen LogP contribution in [-0.2, 0) is 4.79 Å². The minimum Gasteiger partial charge on any atom is -0.478 e. The monoisotopic (exact) mass is 457 g/mol. The van der Waals surface area contributed by atoms with Gasteiger partial charge in [0.05, 0.1) is 0 Å². The fourth-order valence-electron chi connectivity index (χ4n) is 4.68. The van der Waals surface area contributed by atoms with Crippen molar-refractivity contribution >= 4 is 23.2 Å². The van der Waals surface area contributed by atoms with Gasteiger partial charge in [-0.25, -0.2) is 4.79 Å². The van der Waals surface area contributed by atoms with Crippen molar-refractivity contribution in [3.63, 3.8) is 0 Å². The van der Waals surface area contributed by atoms with E-state index < -0.39 is 5.97 Å². The Bertz CT molecular complexity index is 1350. The number of hydrogen-bond donors (Lipinski definition) is 1. The summed E-state index contributed by atoms with van der Waals surface area (Å²) in [6.07, 6.45) is 10.1. The van der Waals surface area contributed by atoms with Crippen molar-refractivity contribution in [2.45, 2.75) is 19.3 Å². The molecule has 0 spiro atoms. The normalized spacial score (nSPS) is 14.4. The zero-order valence-corrected chi connectivity index (χ0v) is 19.5. The molecule has 35 heavy (non-hydrogen) atoms. The molecule has 1 saturated carbocycles.